The Morgan fingerprint density at radius 2 is 1.66 bits per heavy atom. The van der Waals surface area contributed by atoms with Gasteiger partial charge in [-0.15, -0.1) is 0 Å². The monoisotopic (exact) mass is 423 g/mol. The van der Waals surface area contributed by atoms with E-state index in [1.165, 1.54) is 0 Å². The average molecular weight is 424 g/mol. The summed E-state index contributed by atoms with van der Waals surface area (Å²) in [6.07, 6.45) is 1.67. The van der Waals surface area contributed by atoms with E-state index in [9.17, 15) is 4.79 Å². The molecule has 1 unspecified atom stereocenters. The van der Waals surface area contributed by atoms with Crippen molar-refractivity contribution >= 4 is 14.2 Å². The minimum Gasteiger partial charge on any atom is -0.493 e. The van der Waals surface area contributed by atoms with Gasteiger partial charge in [-0.05, 0) is 48.7 Å². The molecule has 0 saturated carbocycles. The van der Waals surface area contributed by atoms with E-state index in [0.717, 1.165) is 24.9 Å². The van der Waals surface area contributed by atoms with Gasteiger partial charge in [0.05, 0.1) is 21.3 Å². The maximum Gasteiger partial charge on any atom is 0.226 e. The van der Waals surface area contributed by atoms with Crippen molar-refractivity contribution < 1.29 is 23.4 Å². The summed E-state index contributed by atoms with van der Waals surface area (Å²) in [5, 5.41) is 0.186. The smallest absolute Gasteiger partial charge is 0.226 e. The third-order valence-electron chi connectivity index (χ3n) is 6.24. The molecular formula is C22H37NO5Si. The van der Waals surface area contributed by atoms with Crippen LogP contribution in [0, 0.1) is 5.92 Å². The second-order valence-electron chi connectivity index (χ2n) is 9.18. The maximum atomic E-state index is 12.9. The predicted molar refractivity (Wildman–Crippen MR) is 117 cm³/mol. The van der Waals surface area contributed by atoms with Crippen LogP contribution in [-0.2, 0) is 15.8 Å². The predicted octanol–water partition coefficient (Wildman–Crippen LogP) is 4.47. The largest absolute Gasteiger partial charge is 0.493 e. The van der Waals surface area contributed by atoms with Crippen molar-refractivity contribution in [2.45, 2.75) is 58.3 Å². The van der Waals surface area contributed by atoms with Gasteiger partial charge in [0, 0.05) is 25.6 Å². The second-order valence-corrected chi connectivity index (χ2v) is 14.0. The zero-order valence-corrected chi connectivity index (χ0v) is 20.3. The lowest BCUT2D eigenvalue weighted by Gasteiger charge is -2.36. The zero-order chi connectivity index (χ0) is 21.8. The number of carbonyl (C=O) groups excluding carboxylic acids is 1. The van der Waals surface area contributed by atoms with Gasteiger partial charge in [-0.25, -0.2) is 0 Å². The first kappa shape index (κ1) is 23.5. The Morgan fingerprint density at radius 1 is 1.07 bits per heavy atom. The fourth-order valence-electron chi connectivity index (χ4n) is 3.35. The second kappa shape index (κ2) is 9.39. The molecule has 0 N–H and O–H groups in total. The summed E-state index contributed by atoms with van der Waals surface area (Å²) in [6.45, 7) is 13.2. The molecule has 164 valence electrons. The molecular weight excluding hydrogens is 386 g/mol. The van der Waals surface area contributed by atoms with Gasteiger partial charge in [-0.2, -0.15) is 0 Å². The number of amides is 1. The van der Waals surface area contributed by atoms with Gasteiger partial charge in [0.15, 0.2) is 19.8 Å². The molecule has 1 heterocycles. The molecule has 1 aromatic rings. The molecule has 0 bridgehead atoms. The Hall–Kier alpha value is -1.73. The molecule has 1 aliphatic heterocycles. The normalized spacial score (nSPS) is 17.6. The fourth-order valence-corrected chi connectivity index (χ4v) is 4.41. The van der Waals surface area contributed by atoms with Crippen LogP contribution in [0.3, 0.4) is 0 Å². The third-order valence-corrected chi connectivity index (χ3v) is 10.8. The molecule has 1 fully saturated rings. The number of rotatable bonds is 9. The standard InChI is InChI=1S/C22H37NO5Si/c1-22(2,3)29(7,8)28-12-10-17-9-11-23(21(17)24)15-16-13-18(25-4)20(27-6)19(14-16)26-5/h13-14,17H,9-12,15H2,1-8H3. The van der Waals surface area contributed by atoms with Crippen LogP contribution < -0.4 is 14.2 Å². The van der Waals surface area contributed by atoms with E-state index < -0.39 is 8.32 Å². The number of benzene rings is 1. The quantitative estimate of drug-likeness (QED) is 0.549. The lowest BCUT2D eigenvalue weighted by molar-refractivity contribution is -0.131. The van der Waals surface area contributed by atoms with Crippen molar-refractivity contribution in [3.63, 3.8) is 0 Å². The van der Waals surface area contributed by atoms with E-state index in [1.54, 1.807) is 21.3 Å². The number of hydrogen-bond acceptors (Lipinski definition) is 5. The highest BCUT2D eigenvalue weighted by molar-refractivity contribution is 6.74. The van der Waals surface area contributed by atoms with Crippen LogP contribution in [0.1, 0.15) is 39.2 Å². The summed E-state index contributed by atoms with van der Waals surface area (Å²) in [6, 6.07) is 3.81. The Balaban J connectivity index is 1.99. The highest BCUT2D eigenvalue weighted by Crippen LogP contribution is 2.39. The zero-order valence-electron chi connectivity index (χ0n) is 19.3. The van der Waals surface area contributed by atoms with Gasteiger partial charge < -0.3 is 23.5 Å². The Morgan fingerprint density at radius 3 is 2.14 bits per heavy atom. The number of carbonyl (C=O) groups is 1. The van der Waals surface area contributed by atoms with Crippen molar-refractivity contribution in [3.8, 4) is 17.2 Å². The van der Waals surface area contributed by atoms with Crippen molar-refractivity contribution in [2.75, 3.05) is 34.5 Å². The van der Waals surface area contributed by atoms with Gasteiger partial charge in [-0.3, -0.25) is 4.79 Å². The van der Waals surface area contributed by atoms with E-state index in [2.05, 4.69) is 33.9 Å². The van der Waals surface area contributed by atoms with E-state index in [4.69, 9.17) is 18.6 Å². The molecule has 1 saturated heterocycles. The van der Waals surface area contributed by atoms with Gasteiger partial charge in [0.1, 0.15) is 0 Å². The van der Waals surface area contributed by atoms with Crippen LogP contribution in [-0.4, -0.2) is 53.6 Å². The first-order valence-electron chi connectivity index (χ1n) is 10.3. The Labute approximate surface area is 176 Å². The van der Waals surface area contributed by atoms with Crippen LogP contribution in [0.2, 0.25) is 18.1 Å². The Kier molecular flexibility index (Phi) is 7.62. The molecule has 2 rings (SSSR count). The minimum absolute atomic E-state index is 0.0433. The molecule has 0 spiro atoms. The van der Waals surface area contributed by atoms with Crippen molar-refractivity contribution in [1.29, 1.82) is 0 Å². The maximum absolute atomic E-state index is 12.9. The molecule has 1 amide bonds. The van der Waals surface area contributed by atoms with E-state index in [1.807, 2.05) is 17.0 Å². The van der Waals surface area contributed by atoms with Gasteiger partial charge in [-0.1, -0.05) is 20.8 Å². The first-order chi connectivity index (χ1) is 13.5. The summed E-state index contributed by atoms with van der Waals surface area (Å²) in [5.74, 6) is 2.02. The van der Waals surface area contributed by atoms with Crippen molar-refractivity contribution in [2.24, 2.45) is 5.92 Å². The first-order valence-corrected chi connectivity index (χ1v) is 13.2. The highest BCUT2D eigenvalue weighted by atomic mass is 28.4. The molecule has 0 aliphatic carbocycles. The molecule has 7 heteroatoms. The van der Waals surface area contributed by atoms with E-state index >= 15 is 0 Å². The van der Waals surface area contributed by atoms with Crippen LogP contribution in [0.25, 0.3) is 0 Å². The minimum atomic E-state index is -1.77. The molecule has 0 aromatic heterocycles. The summed E-state index contributed by atoms with van der Waals surface area (Å²) in [7, 11) is 3.01. The number of likely N-dealkylation sites (tertiary alicyclic amines) is 1. The lowest BCUT2D eigenvalue weighted by atomic mass is 10.1. The van der Waals surface area contributed by atoms with E-state index in [0.29, 0.717) is 30.4 Å². The van der Waals surface area contributed by atoms with Crippen LogP contribution in [0.5, 0.6) is 17.2 Å². The molecule has 29 heavy (non-hydrogen) atoms. The van der Waals surface area contributed by atoms with Crippen LogP contribution in [0.4, 0.5) is 0 Å². The van der Waals surface area contributed by atoms with Crippen molar-refractivity contribution in [3.05, 3.63) is 17.7 Å². The van der Waals surface area contributed by atoms with Crippen LogP contribution in [0.15, 0.2) is 12.1 Å². The summed E-state index contributed by atoms with van der Waals surface area (Å²) in [4.78, 5) is 14.8. The fraction of sp³-hybridized carbons (Fsp3) is 0.682. The average Bonchev–Trinajstić information content (AvgIpc) is 2.99. The topological polar surface area (TPSA) is 57.2 Å². The van der Waals surface area contributed by atoms with Crippen LogP contribution >= 0.6 is 0 Å². The number of ether oxygens (including phenoxy) is 3. The molecule has 1 aromatic carbocycles. The summed E-state index contributed by atoms with van der Waals surface area (Å²) < 4.78 is 22.5. The molecule has 0 radical (unpaired) electrons. The number of methoxy groups -OCH3 is 3. The number of nitrogens with zero attached hydrogens (tertiary/aromatic N) is 1. The summed E-state index contributed by atoms with van der Waals surface area (Å²) >= 11 is 0. The Bertz CT molecular complexity index is 689. The number of hydrogen-bond donors (Lipinski definition) is 0. The van der Waals surface area contributed by atoms with Crippen molar-refractivity contribution in [1.82, 2.24) is 4.90 Å². The molecule has 1 atom stereocenters. The van der Waals surface area contributed by atoms with Gasteiger partial charge in [0.2, 0.25) is 11.7 Å². The SMILES string of the molecule is COc1cc(CN2CCC(CCO[Si](C)(C)C(C)(C)C)C2=O)cc(OC)c1OC. The highest BCUT2D eigenvalue weighted by Gasteiger charge is 2.38. The third kappa shape index (κ3) is 5.45. The molecule has 1 aliphatic rings. The lowest BCUT2D eigenvalue weighted by Crippen LogP contribution is -2.41. The molecule has 6 nitrogen and oxygen atoms in total. The van der Waals surface area contributed by atoms with E-state index in [-0.39, 0.29) is 16.9 Å². The summed E-state index contributed by atoms with van der Waals surface area (Å²) in [5.41, 5.74) is 0.964. The van der Waals surface area contributed by atoms with Gasteiger partial charge >= 0.3 is 0 Å². The van der Waals surface area contributed by atoms with Gasteiger partial charge in [0.25, 0.3) is 0 Å².